The molecule has 0 bridgehead atoms. The summed E-state index contributed by atoms with van der Waals surface area (Å²) in [6.07, 6.45) is 2.15. The van der Waals surface area contributed by atoms with Crippen LogP contribution in [-0.2, 0) is 4.74 Å². The lowest BCUT2D eigenvalue weighted by molar-refractivity contribution is 0.0320. The van der Waals surface area contributed by atoms with Crippen molar-refractivity contribution in [2.24, 2.45) is 5.73 Å². The Kier molecular flexibility index (Phi) is 6.51. The number of nitrogens with two attached hydrogens (primary N) is 1. The molecule has 0 saturated heterocycles. The van der Waals surface area contributed by atoms with Crippen LogP contribution in [0.25, 0.3) is 0 Å². The second kappa shape index (κ2) is 6.58. The molecule has 0 radical (unpaired) electrons. The maximum absolute atomic E-state index is 8.66. The van der Waals surface area contributed by atoms with Gasteiger partial charge < -0.3 is 15.6 Å². The van der Waals surface area contributed by atoms with Gasteiger partial charge in [-0.2, -0.15) is 0 Å². The molecule has 0 aromatic heterocycles. The summed E-state index contributed by atoms with van der Waals surface area (Å²) in [6.45, 7) is 4.73. The second-order valence-corrected chi connectivity index (χ2v) is 2.78. The summed E-state index contributed by atoms with van der Waals surface area (Å²) < 4.78 is 5.35. The van der Waals surface area contributed by atoms with Crippen molar-refractivity contribution in [3.63, 3.8) is 0 Å². The molecule has 0 amide bonds. The highest BCUT2D eigenvalue weighted by molar-refractivity contribution is 4.66. The average Bonchev–Trinajstić information content (AvgIpc) is 2.03. The zero-order valence-electron chi connectivity index (χ0n) is 7.42. The molecule has 3 heteroatoms. The van der Waals surface area contributed by atoms with E-state index in [1.165, 1.54) is 0 Å². The van der Waals surface area contributed by atoms with Crippen molar-refractivity contribution in [3.8, 4) is 0 Å². The van der Waals surface area contributed by atoms with Crippen molar-refractivity contribution < 1.29 is 9.84 Å². The van der Waals surface area contributed by atoms with Crippen molar-refractivity contribution in [2.75, 3.05) is 13.2 Å². The molecule has 0 aliphatic heterocycles. The van der Waals surface area contributed by atoms with Crippen molar-refractivity contribution in [1.82, 2.24) is 0 Å². The van der Waals surface area contributed by atoms with Crippen LogP contribution in [0.1, 0.15) is 26.7 Å². The Labute approximate surface area is 68.5 Å². The summed E-state index contributed by atoms with van der Waals surface area (Å²) in [5, 5.41) is 8.66. The Bertz CT molecular complexity index is 88.2. The Morgan fingerprint density at radius 2 is 2.18 bits per heavy atom. The first-order valence-corrected chi connectivity index (χ1v) is 4.20. The molecular formula is C8H19NO2. The summed E-state index contributed by atoms with van der Waals surface area (Å²) >= 11 is 0. The summed E-state index contributed by atoms with van der Waals surface area (Å²) in [4.78, 5) is 0. The molecule has 1 unspecified atom stereocenters. The van der Waals surface area contributed by atoms with Gasteiger partial charge in [0.15, 0.2) is 0 Å². The summed E-state index contributed by atoms with van der Waals surface area (Å²) in [6, 6.07) is -0.244. The third kappa shape index (κ3) is 5.18. The molecule has 0 saturated carbocycles. The fourth-order valence-electron chi connectivity index (χ4n) is 0.686. The topological polar surface area (TPSA) is 55.5 Å². The summed E-state index contributed by atoms with van der Waals surface area (Å²) in [5.41, 5.74) is 5.52. The van der Waals surface area contributed by atoms with E-state index in [1.807, 2.05) is 6.92 Å². The molecule has 2 atom stereocenters. The van der Waals surface area contributed by atoms with E-state index in [0.717, 1.165) is 19.4 Å². The summed E-state index contributed by atoms with van der Waals surface area (Å²) in [7, 11) is 0. The third-order valence-corrected chi connectivity index (χ3v) is 1.69. The highest BCUT2D eigenvalue weighted by Gasteiger charge is 2.10. The number of ether oxygens (including phenoxy) is 1. The minimum absolute atomic E-state index is 0.00666. The van der Waals surface area contributed by atoms with Crippen LogP contribution >= 0.6 is 0 Å². The smallest absolute Gasteiger partial charge is 0.0720 e. The maximum Gasteiger partial charge on any atom is 0.0720 e. The largest absolute Gasteiger partial charge is 0.395 e. The van der Waals surface area contributed by atoms with Gasteiger partial charge in [-0.15, -0.1) is 0 Å². The van der Waals surface area contributed by atoms with E-state index < -0.39 is 0 Å². The monoisotopic (exact) mass is 161 g/mol. The van der Waals surface area contributed by atoms with Crippen molar-refractivity contribution in [1.29, 1.82) is 0 Å². The Morgan fingerprint density at radius 1 is 1.55 bits per heavy atom. The Balaban J connectivity index is 3.28. The van der Waals surface area contributed by atoms with Crippen LogP contribution in [0, 0.1) is 0 Å². The van der Waals surface area contributed by atoms with Gasteiger partial charge in [-0.3, -0.25) is 0 Å². The maximum atomic E-state index is 8.66. The van der Waals surface area contributed by atoms with E-state index in [2.05, 4.69) is 6.92 Å². The van der Waals surface area contributed by atoms with Crippen molar-refractivity contribution in [2.45, 2.75) is 38.8 Å². The molecule has 0 rings (SSSR count). The fraction of sp³-hybridized carbons (Fsp3) is 1.00. The zero-order valence-corrected chi connectivity index (χ0v) is 7.42. The van der Waals surface area contributed by atoms with E-state index in [1.54, 1.807) is 0 Å². The lowest BCUT2D eigenvalue weighted by Crippen LogP contribution is -2.37. The normalized spacial score (nSPS) is 16.4. The molecular weight excluding hydrogens is 142 g/mol. The van der Waals surface area contributed by atoms with Gasteiger partial charge in [-0.25, -0.2) is 0 Å². The van der Waals surface area contributed by atoms with Gasteiger partial charge in [-0.05, 0) is 13.3 Å². The molecule has 11 heavy (non-hydrogen) atoms. The second-order valence-electron chi connectivity index (χ2n) is 2.78. The molecule has 0 spiro atoms. The van der Waals surface area contributed by atoms with E-state index in [4.69, 9.17) is 15.6 Å². The van der Waals surface area contributed by atoms with Gasteiger partial charge in [0.05, 0.1) is 18.8 Å². The molecule has 0 heterocycles. The van der Waals surface area contributed by atoms with E-state index >= 15 is 0 Å². The molecule has 0 fully saturated rings. The quantitative estimate of drug-likeness (QED) is 0.558. The van der Waals surface area contributed by atoms with Crippen LogP contribution < -0.4 is 5.73 Å². The number of aliphatic hydroxyl groups excluding tert-OH is 1. The molecule has 0 aromatic rings. The standard InChI is InChI=1S/C8H19NO2/c1-3-4-5-11-7(2)8(9)6-10/h7-8,10H,3-6,9H2,1-2H3/t7?,8-/m1/s1. The van der Waals surface area contributed by atoms with E-state index in [-0.39, 0.29) is 18.8 Å². The number of rotatable bonds is 6. The molecule has 0 aliphatic carbocycles. The van der Waals surface area contributed by atoms with Gasteiger partial charge in [0.25, 0.3) is 0 Å². The van der Waals surface area contributed by atoms with Crippen LogP contribution in [0.4, 0.5) is 0 Å². The molecule has 0 aliphatic rings. The summed E-state index contributed by atoms with van der Waals surface area (Å²) in [5.74, 6) is 0. The molecule has 3 nitrogen and oxygen atoms in total. The van der Waals surface area contributed by atoms with Gasteiger partial charge in [-0.1, -0.05) is 13.3 Å². The van der Waals surface area contributed by atoms with E-state index in [0.29, 0.717) is 0 Å². The Morgan fingerprint density at radius 3 is 2.64 bits per heavy atom. The van der Waals surface area contributed by atoms with Gasteiger partial charge in [0, 0.05) is 6.61 Å². The fourth-order valence-corrected chi connectivity index (χ4v) is 0.686. The van der Waals surface area contributed by atoms with E-state index in [9.17, 15) is 0 Å². The van der Waals surface area contributed by atoms with Gasteiger partial charge in [0.1, 0.15) is 0 Å². The van der Waals surface area contributed by atoms with Gasteiger partial charge >= 0.3 is 0 Å². The molecule has 0 aromatic carbocycles. The molecule has 3 N–H and O–H groups in total. The molecule has 68 valence electrons. The van der Waals surface area contributed by atoms with Gasteiger partial charge in [0.2, 0.25) is 0 Å². The SMILES string of the molecule is CCCCOC(C)[C@H](N)CO. The van der Waals surface area contributed by atoms with Crippen LogP contribution in [-0.4, -0.2) is 30.5 Å². The first-order valence-electron chi connectivity index (χ1n) is 4.20. The number of unbranched alkanes of at least 4 members (excludes halogenated alkanes) is 1. The van der Waals surface area contributed by atoms with Crippen molar-refractivity contribution >= 4 is 0 Å². The number of hydrogen-bond acceptors (Lipinski definition) is 3. The average molecular weight is 161 g/mol. The van der Waals surface area contributed by atoms with Crippen LogP contribution in [0.3, 0.4) is 0 Å². The minimum Gasteiger partial charge on any atom is -0.395 e. The van der Waals surface area contributed by atoms with Crippen molar-refractivity contribution in [3.05, 3.63) is 0 Å². The number of aliphatic hydroxyl groups is 1. The van der Waals surface area contributed by atoms with Crippen LogP contribution in [0.2, 0.25) is 0 Å². The first-order chi connectivity index (χ1) is 5.22. The Hall–Kier alpha value is -0.120. The third-order valence-electron chi connectivity index (χ3n) is 1.69. The minimum atomic E-state index is -0.244. The number of hydrogen-bond donors (Lipinski definition) is 2. The lowest BCUT2D eigenvalue weighted by atomic mass is 10.2. The highest BCUT2D eigenvalue weighted by Crippen LogP contribution is 1.97. The predicted molar refractivity (Wildman–Crippen MR) is 45.4 cm³/mol. The van der Waals surface area contributed by atoms with Crippen LogP contribution in [0.5, 0.6) is 0 Å². The highest BCUT2D eigenvalue weighted by atomic mass is 16.5. The first kappa shape index (κ1) is 10.9. The zero-order chi connectivity index (χ0) is 8.69. The predicted octanol–water partition coefficient (Wildman–Crippen LogP) is 0.511. The lowest BCUT2D eigenvalue weighted by Gasteiger charge is -2.17. The van der Waals surface area contributed by atoms with Crippen LogP contribution in [0.15, 0.2) is 0 Å².